The summed E-state index contributed by atoms with van der Waals surface area (Å²) in [7, 11) is 0. The first kappa shape index (κ1) is 13.0. The van der Waals surface area contributed by atoms with Crippen LogP contribution >= 0.6 is 0 Å². The van der Waals surface area contributed by atoms with Gasteiger partial charge in [-0.15, -0.1) is 0 Å². The van der Waals surface area contributed by atoms with Gasteiger partial charge in [0.25, 0.3) is 0 Å². The first-order valence-electron chi connectivity index (χ1n) is 5.85. The quantitative estimate of drug-likeness (QED) is 0.578. The number of rotatable bonds is 4. The summed E-state index contributed by atoms with van der Waals surface area (Å²) in [6.45, 7) is 1.49. The first-order valence-corrected chi connectivity index (χ1v) is 5.85. The minimum absolute atomic E-state index is 0.0326. The summed E-state index contributed by atoms with van der Waals surface area (Å²) < 4.78 is 0. The molecule has 0 aliphatic heterocycles. The van der Waals surface area contributed by atoms with Gasteiger partial charge in [0.1, 0.15) is 5.75 Å². The number of aromatic hydroxyl groups is 1. The fourth-order valence-electron chi connectivity index (χ4n) is 1.61. The van der Waals surface area contributed by atoms with Crippen LogP contribution in [0.4, 0.5) is 5.69 Å². The number of aromatic nitrogens is 1. The van der Waals surface area contributed by atoms with E-state index in [9.17, 15) is 10.2 Å². The summed E-state index contributed by atoms with van der Waals surface area (Å²) in [6.07, 6.45) is 3.00. The predicted molar refractivity (Wildman–Crippen MR) is 74.2 cm³/mol. The average Bonchev–Trinajstić information content (AvgIpc) is 2.45. The van der Waals surface area contributed by atoms with Crippen molar-refractivity contribution in [1.82, 2.24) is 4.98 Å². The van der Waals surface area contributed by atoms with Gasteiger partial charge in [0, 0.05) is 17.3 Å². The Kier molecular flexibility index (Phi) is 4.10. The topological polar surface area (TPSA) is 77.7 Å². The lowest BCUT2D eigenvalue weighted by Crippen LogP contribution is -1.99. The van der Waals surface area contributed by atoms with Gasteiger partial charge in [-0.25, -0.2) is 0 Å². The monoisotopic (exact) mass is 257 g/mol. The Bertz CT molecular complexity index is 583. The average molecular weight is 257 g/mol. The molecule has 19 heavy (non-hydrogen) atoms. The van der Waals surface area contributed by atoms with Crippen molar-refractivity contribution in [3.63, 3.8) is 0 Å². The Hall–Kier alpha value is -2.40. The van der Waals surface area contributed by atoms with Crippen molar-refractivity contribution in [2.45, 2.75) is 13.5 Å². The maximum absolute atomic E-state index is 9.91. The molecule has 0 aliphatic carbocycles. The second-order valence-corrected chi connectivity index (χ2v) is 4.03. The molecule has 5 nitrogen and oxygen atoms in total. The van der Waals surface area contributed by atoms with Crippen LogP contribution in [0, 0.1) is 6.92 Å². The summed E-state index contributed by atoms with van der Waals surface area (Å²) in [6, 6.07) is 9.46. The van der Waals surface area contributed by atoms with Crippen LogP contribution in [0.3, 0.4) is 0 Å². The van der Waals surface area contributed by atoms with Crippen LogP contribution < -0.4 is 5.43 Å². The molecule has 0 bridgehead atoms. The Morgan fingerprint density at radius 3 is 2.74 bits per heavy atom. The second-order valence-electron chi connectivity index (χ2n) is 4.03. The van der Waals surface area contributed by atoms with E-state index in [4.69, 9.17) is 0 Å². The number of nitrogens with one attached hydrogen (secondary N) is 1. The molecule has 5 heteroatoms. The standard InChI is InChI=1S/C14H15N3O2/c1-10-14(19)13(11(9-18)7-15-10)8-16-17-12-5-3-2-4-6-12/h2-8,17-19H,9H2,1H3/b16-8+. The molecule has 1 heterocycles. The van der Waals surface area contributed by atoms with Gasteiger partial charge in [-0.05, 0) is 19.1 Å². The maximum Gasteiger partial charge on any atom is 0.145 e. The Balaban J connectivity index is 2.21. The van der Waals surface area contributed by atoms with Crippen molar-refractivity contribution in [2.24, 2.45) is 5.10 Å². The van der Waals surface area contributed by atoms with Crippen molar-refractivity contribution >= 4 is 11.9 Å². The third kappa shape index (κ3) is 3.08. The molecule has 2 rings (SSSR count). The van der Waals surface area contributed by atoms with Crippen LogP contribution in [0.2, 0.25) is 0 Å². The minimum Gasteiger partial charge on any atom is -0.505 e. The predicted octanol–water partition coefficient (Wildman–Crippen LogP) is 2.03. The number of pyridine rings is 1. The van der Waals surface area contributed by atoms with Crippen molar-refractivity contribution in [2.75, 3.05) is 5.43 Å². The van der Waals surface area contributed by atoms with Gasteiger partial charge in [0.2, 0.25) is 0 Å². The number of anilines is 1. The fraction of sp³-hybridized carbons (Fsp3) is 0.143. The molecule has 98 valence electrons. The zero-order chi connectivity index (χ0) is 13.7. The lowest BCUT2D eigenvalue weighted by atomic mass is 10.1. The Morgan fingerprint density at radius 1 is 1.32 bits per heavy atom. The SMILES string of the molecule is Cc1ncc(CO)c(/C=N/Nc2ccccc2)c1O. The number of benzene rings is 1. The summed E-state index contributed by atoms with van der Waals surface area (Å²) in [5, 5.41) is 23.2. The van der Waals surface area contributed by atoms with Crippen LogP contribution in [0.1, 0.15) is 16.8 Å². The van der Waals surface area contributed by atoms with E-state index in [0.29, 0.717) is 16.8 Å². The number of hydrogen-bond acceptors (Lipinski definition) is 5. The van der Waals surface area contributed by atoms with Crippen LogP contribution in [0.5, 0.6) is 5.75 Å². The number of aryl methyl sites for hydroxylation is 1. The molecule has 0 saturated heterocycles. The zero-order valence-electron chi connectivity index (χ0n) is 10.5. The number of para-hydroxylation sites is 1. The van der Waals surface area contributed by atoms with E-state index < -0.39 is 0 Å². The van der Waals surface area contributed by atoms with Crippen molar-refractivity contribution in [3.05, 3.63) is 53.3 Å². The zero-order valence-corrected chi connectivity index (χ0v) is 10.5. The third-order valence-electron chi connectivity index (χ3n) is 2.69. The maximum atomic E-state index is 9.91. The number of aliphatic hydroxyl groups is 1. The van der Waals surface area contributed by atoms with E-state index in [1.807, 2.05) is 30.3 Å². The van der Waals surface area contributed by atoms with Crippen molar-refractivity contribution < 1.29 is 10.2 Å². The molecule has 0 fully saturated rings. The van der Waals surface area contributed by atoms with E-state index >= 15 is 0 Å². The summed E-state index contributed by atoms with van der Waals surface area (Å²) in [5.41, 5.74) is 5.19. The highest BCUT2D eigenvalue weighted by Gasteiger charge is 2.08. The van der Waals surface area contributed by atoms with E-state index in [2.05, 4.69) is 15.5 Å². The van der Waals surface area contributed by atoms with Crippen LogP contribution in [-0.2, 0) is 6.61 Å². The molecule has 2 aromatic rings. The summed E-state index contributed by atoms with van der Waals surface area (Å²) >= 11 is 0. The number of hydrogen-bond donors (Lipinski definition) is 3. The minimum atomic E-state index is -0.201. The van der Waals surface area contributed by atoms with Crippen LogP contribution in [0.25, 0.3) is 0 Å². The first-order chi connectivity index (χ1) is 9.22. The van der Waals surface area contributed by atoms with Gasteiger partial charge >= 0.3 is 0 Å². The van der Waals surface area contributed by atoms with Crippen LogP contribution in [0.15, 0.2) is 41.6 Å². The number of hydrazone groups is 1. The molecule has 0 radical (unpaired) electrons. The molecule has 1 aromatic carbocycles. The third-order valence-corrected chi connectivity index (χ3v) is 2.69. The molecular weight excluding hydrogens is 242 g/mol. The Morgan fingerprint density at radius 2 is 2.05 bits per heavy atom. The van der Waals surface area contributed by atoms with Crippen molar-refractivity contribution in [3.8, 4) is 5.75 Å². The second kappa shape index (κ2) is 5.97. The van der Waals surface area contributed by atoms with Gasteiger partial charge in [-0.2, -0.15) is 5.10 Å². The molecule has 0 amide bonds. The molecule has 1 aromatic heterocycles. The van der Waals surface area contributed by atoms with E-state index in [0.717, 1.165) is 5.69 Å². The highest BCUT2D eigenvalue weighted by Crippen LogP contribution is 2.21. The summed E-state index contributed by atoms with van der Waals surface area (Å²) in [5.74, 6) is 0.0326. The van der Waals surface area contributed by atoms with Gasteiger partial charge in [-0.3, -0.25) is 10.4 Å². The van der Waals surface area contributed by atoms with Gasteiger partial charge in [-0.1, -0.05) is 18.2 Å². The fourth-order valence-corrected chi connectivity index (χ4v) is 1.61. The molecular formula is C14H15N3O2. The largest absolute Gasteiger partial charge is 0.505 e. The molecule has 0 unspecified atom stereocenters. The molecule has 3 N–H and O–H groups in total. The van der Waals surface area contributed by atoms with E-state index in [1.165, 1.54) is 12.4 Å². The lowest BCUT2D eigenvalue weighted by molar-refractivity contribution is 0.280. The van der Waals surface area contributed by atoms with Crippen LogP contribution in [-0.4, -0.2) is 21.4 Å². The number of aliphatic hydroxyl groups excluding tert-OH is 1. The smallest absolute Gasteiger partial charge is 0.145 e. The Labute approximate surface area is 111 Å². The molecule has 0 atom stereocenters. The van der Waals surface area contributed by atoms with Gasteiger partial charge < -0.3 is 10.2 Å². The van der Waals surface area contributed by atoms with Gasteiger partial charge in [0.05, 0.1) is 24.2 Å². The van der Waals surface area contributed by atoms with E-state index in [-0.39, 0.29) is 12.4 Å². The molecule has 0 aliphatic rings. The van der Waals surface area contributed by atoms with E-state index in [1.54, 1.807) is 6.92 Å². The summed E-state index contributed by atoms with van der Waals surface area (Å²) in [4.78, 5) is 3.98. The highest BCUT2D eigenvalue weighted by molar-refractivity contribution is 5.86. The number of nitrogens with zero attached hydrogens (tertiary/aromatic N) is 2. The van der Waals surface area contributed by atoms with Crippen molar-refractivity contribution in [1.29, 1.82) is 0 Å². The highest BCUT2D eigenvalue weighted by atomic mass is 16.3. The molecule has 0 spiro atoms. The van der Waals surface area contributed by atoms with Gasteiger partial charge in [0.15, 0.2) is 0 Å². The molecule has 0 saturated carbocycles. The lowest BCUT2D eigenvalue weighted by Gasteiger charge is -2.07. The normalized spacial score (nSPS) is 10.8.